The first-order valence-corrected chi connectivity index (χ1v) is 5.97. The van der Waals surface area contributed by atoms with Gasteiger partial charge in [-0.1, -0.05) is 23.9 Å². The fourth-order valence-corrected chi connectivity index (χ4v) is 2.34. The molecule has 1 aromatic rings. The molecule has 16 heavy (non-hydrogen) atoms. The second-order valence-electron chi connectivity index (χ2n) is 3.59. The molecule has 0 atom stereocenters. The number of benzene rings is 1. The first-order valence-electron chi connectivity index (χ1n) is 4.98. The number of amides is 2. The van der Waals surface area contributed by atoms with E-state index in [1.165, 1.54) is 16.7 Å². The average molecular weight is 236 g/mol. The number of imide groups is 1. The maximum Gasteiger partial charge on any atom is 0.288 e. The van der Waals surface area contributed by atoms with Gasteiger partial charge in [0.05, 0.1) is 6.54 Å². The minimum Gasteiger partial charge on any atom is -0.399 e. The zero-order chi connectivity index (χ0) is 11.5. The van der Waals surface area contributed by atoms with Gasteiger partial charge in [0.2, 0.25) is 5.91 Å². The number of nitrogens with two attached hydrogens (primary N) is 1. The Balaban J connectivity index is 2.13. The molecular formula is C11H12N2O2S. The lowest BCUT2D eigenvalue weighted by Gasteiger charge is -2.24. The summed E-state index contributed by atoms with van der Waals surface area (Å²) in [6.07, 6.45) is 0.429. The monoisotopic (exact) mass is 236 g/mol. The van der Waals surface area contributed by atoms with Gasteiger partial charge in [-0.15, -0.1) is 0 Å². The van der Waals surface area contributed by atoms with E-state index in [1.807, 2.05) is 12.1 Å². The third kappa shape index (κ3) is 2.36. The van der Waals surface area contributed by atoms with Crippen molar-refractivity contribution in [1.82, 2.24) is 4.90 Å². The van der Waals surface area contributed by atoms with Crippen molar-refractivity contribution in [3.8, 4) is 0 Å². The smallest absolute Gasteiger partial charge is 0.288 e. The Morgan fingerprint density at radius 2 is 2.19 bits per heavy atom. The van der Waals surface area contributed by atoms with Gasteiger partial charge in [-0.05, 0) is 17.7 Å². The number of thioether (sulfide) groups is 1. The van der Waals surface area contributed by atoms with Crippen LogP contribution in [0.2, 0.25) is 0 Å². The number of hydrogen-bond donors (Lipinski definition) is 1. The molecule has 0 aliphatic carbocycles. The molecule has 1 aromatic carbocycles. The highest BCUT2D eigenvalue weighted by molar-refractivity contribution is 8.13. The first kappa shape index (κ1) is 11.0. The summed E-state index contributed by atoms with van der Waals surface area (Å²) in [5, 5.41) is -0.168. The highest BCUT2D eigenvalue weighted by Gasteiger charge is 2.26. The average Bonchev–Trinajstić information content (AvgIpc) is 2.24. The topological polar surface area (TPSA) is 63.4 Å². The van der Waals surface area contributed by atoms with Gasteiger partial charge in [0.25, 0.3) is 5.24 Å². The molecule has 1 saturated heterocycles. The molecule has 2 N–H and O–H groups in total. The summed E-state index contributed by atoms with van der Waals surface area (Å²) in [6, 6.07) is 7.23. The van der Waals surface area contributed by atoms with Crippen LogP contribution in [0.3, 0.4) is 0 Å². The van der Waals surface area contributed by atoms with Gasteiger partial charge in [-0.25, -0.2) is 0 Å². The lowest BCUT2D eigenvalue weighted by molar-refractivity contribution is -0.128. The van der Waals surface area contributed by atoms with Crippen LogP contribution in [0.5, 0.6) is 0 Å². The van der Waals surface area contributed by atoms with Crippen molar-refractivity contribution in [2.24, 2.45) is 0 Å². The van der Waals surface area contributed by atoms with Gasteiger partial charge < -0.3 is 5.73 Å². The lowest BCUT2D eigenvalue weighted by atomic mass is 10.2. The molecule has 0 unspecified atom stereocenters. The second kappa shape index (κ2) is 4.57. The predicted molar refractivity (Wildman–Crippen MR) is 63.9 cm³/mol. The van der Waals surface area contributed by atoms with Gasteiger partial charge in [-0.2, -0.15) is 0 Å². The van der Waals surface area contributed by atoms with Gasteiger partial charge in [0, 0.05) is 17.9 Å². The third-order valence-electron chi connectivity index (χ3n) is 2.35. The highest BCUT2D eigenvalue weighted by Crippen LogP contribution is 2.21. The largest absolute Gasteiger partial charge is 0.399 e. The molecule has 1 aliphatic heterocycles. The quantitative estimate of drug-likeness (QED) is 0.796. The standard InChI is InChI=1S/C11H12N2O2S/c12-9-3-1-2-8(6-9)7-13-10(14)4-5-16-11(13)15/h1-3,6H,4-5,7,12H2. The fraction of sp³-hybridized carbons (Fsp3) is 0.273. The van der Waals surface area contributed by atoms with Gasteiger partial charge in [0.15, 0.2) is 0 Å². The van der Waals surface area contributed by atoms with Crippen LogP contribution in [-0.4, -0.2) is 21.8 Å². The van der Waals surface area contributed by atoms with Crippen LogP contribution in [0.25, 0.3) is 0 Å². The molecule has 0 bridgehead atoms. The number of nitrogen functional groups attached to an aromatic ring is 1. The zero-order valence-electron chi connectivity index (χ0n) is 8.68. The van der Waals surface area contributed by atoms with Crippen molar-refractivity contribution in [1.29, 1.82) is 0 Å². The van der Waals surface area contributed by atoms with Crippen LogP contribution in [-0.2, 0) is 11.3 Å². The molecule has 4 nitrogen and oxygen atoms in total. The first-order chi connectivity index (χ1) is 7.66. The number of anilines is 1. The Bertz CT molecular complexity index is 418. The molecule has 1 heterocycles. The van der Waals surface area contributed by atoms with Crippen LogP contribution in [0.15, 0.2) is 24.3 Å². The van der Waals surface area contributed by atoms with E-state index in [2.05, 4.69) is 0 Å². The van der Waals surface area contributed by atoms with Gasteiger partial charge in [-0.3, -0.25) is 14.5 Å². The number of hydrogen-bond acceptors (Lipinski definition) is 4. The fourth-order valence-electron chi connectivity index (χ4n) is 1.57. The van der Waals surface area contributed by atoms with Crippen molar-refractivity contribution < 1.29 is 9.59 Å². The van der Waals surface area contributed by atoms with Crippen LogP contribution < -0.4 is 5.73 Å². The van der Waals surface area contributed by atoms with Crippen molar-refractivity contribution in [2.45, 2.75) is 13.0 Å². The van der Waals surface area contributed by atoms with E-state index in [1.54, 1.807) is 12.1 Å². The van der Waals surface area contributed by atoms with E-state index in [4.69, 9.17) is 5.73 Å². The predicted octanol–water partition coefficient (Wildman–Crippen LogP) is 1.85. The van der Waals surface area contributed by atoms with E-state index >= 15 is 0 Å². The Hall–Kier alpha value is -1.49. The van der Waals surface area contributed by atoms with E-state index < -0.39 is 0 Å². The zero-order valence-corrected chi connectivity index (χ0v) is 9.50. The third-order valence-corrected chi connectivity index (χ3v) is 3.23. The Kier molecular flexibility index (Phi) is 3.14. The van der Waals surface area contributed by atoms with E-state index in [-0.39, 0.29) is 11.1 Å². The summed E-state index contributed by atoms with van der Waals surface area (Å²) in [6.45, 7) is 0.315. The molecule has 1 aliphatic rings. The van der Waals surface area contributed by atoms with Crippen LogP contribution in [0, 0.1) is 0 Å². The number of carbonyl (C=O) groups is 2. The van der Waals surface area contributed by atoms with Crippen molar-refractivity contribution in [3.63, 3.8) is 0 Å². The normalized spacial score (nSPS) is 16.6. The van der Waals surface area contributed by atoms with E-state index in [9.17, 15) is 9.59 Å². The maximum atomic E-state index is 11.6. The maximum absolute atomic E-state index is 11.6. The number of rotatable bonds is 2. The van der Waals surface area contributed by atoms with Crippen LogP contribution >= 0.6 is 11.8 Å². The highest BCUT2D eigenvalue weighted by atomic mass is 32.2. The summed E-state index contributed by atoms with van der Waals surface area (Å²) in [5.41, 5.74) is 7.16. The minimum atomic E-state index is -0.168. The Morgan fingerprint density at radius 1 is 1.38 bits per heavy atom. The Labute approximate surface area is 97.8 Å². The van der Waals surface area contributed by atoms with Crippen molar-refractivity contribution in [2.75, 3.05) is 11.5 Å². The van der Waals surface area contributed by atoms with Gasteiger partial charge in [0.1, 0.15) is 0 Å². The molecule has 0 aromatic heterocycles. The lowest BCUT2D eigenvalue weighted by Crippen LogP contribution is -2.37. The summed E-state index contributed by atoms with van der Waals surface area (Å²) in [7, 11) is 0. The van der Waals surface area contributed by atoms with E-state index in [0.717, 1.165) is 5.56 Å². The minimum absolute atomic E-state index is 0.105. The second-order valence-corrected chi connectivity index (χ2v) is 4.64. The molecule has 2 rings (SSSR count). The molecule has 1 fully saturated rings. The molecule has 0 spiro atoms. The van der Waals surface area contributed by atoms with Crippen LogP contribution in [0.1, 0.15) is 12.0 Å². The van der Waals surface area contributed by atoms with Crippen molar-refractivity contribution >= 4 is 28.6 Å². The summed E-state index contributed by atoms with van der Waals surface area (Å²) in [4.78, 5) is 24.4. The molecule has 5 heteroatoms. The molecule has 2 amide bonds. The number of carbonyl (C=O) groups excluding carboxylic acids is 2. The molecular weight excluding hydrogens is 224 g/mol. The SMILES string of the molecule is Nc1cccc(CN2C(=O)CCSC2=O)c1. The summed E-state index contributed by atoms with van der Waals surface area (Å²) in [5.74, 6) is 0.483. The summed E-state index contributed by atoms with van der Waals surface area (Å²) >= 11 is 1.19. The molecule has 0 radical (unpaired) electrons. The van der Waals surface area contributed by atoms with Crippen molar-refractivity contribution in [3.05, 3.63) is 29.8 Å². The summed E-state index contributed by atoms with van der Waals surface area (Å²) < 4.78 is 0. The molecule has 84 valence electrons. The van der Waals surface area contributed by atoms with Gasteiger partial charge >= 0.3 is 0 Å². The number of nitrogens with zero attached hydrogens (tertiary/aromatic N) is 1. The van der Waals surface area contributed by atoms with Crippen LogP contribution in [0.4, 0.5) is 10.5 Å². The Morgan fingerprint density at radius 3 is 2.88 bits per heavy atom. The van der Waals surface area contributed by atoms with E-state index in [0.29, 0.717) is 24.4 Å². The molecule has 0 saturated carbocycles.